The number of rotatable bonds is 9. The molecule has 3 aromatic rings. The van der Waals surface area contributed by atoms with Crippen LogP contribution in [0, 0.1) is 17.3 Å². The first-order valence-corrected chi connectivity index (χ1v) is 14.9. The van der Waals surface area contributed by atoms with Gasteiger partial charge in [-0.15, -0.1) is 4.68 Å². The van der Waals surface area contributed by atoms with Gasteiger partial charge in [0.1, 0.15) is 19.1 Å². The fourth-order valence-corrected chi connectivity index (χ4v) is 7.04. The number of aryl methyl sites for hydroxylation is 1. The molecule has 2 atom stereocenters. The van der Waals surface area contributed by atoms with Crippen molar-refractivity contribution < 1.29 is 23.4 Å². The molecule has 1 amide bonds. The van der Waals surface area contributed by atoms with E-state index in [1.807, 2.05) is 27.9 Å². The molecule has 7 rings (SSSR count). The van der Waals surface area contributed by atoms with Crippen molar-refractivity contribution in [3.63, 3.8) is 0 Å². The van der Waals surface area contributed by atoms with E-state index in [2.05, 4.69) is 33.9 Å². The van der Waals surface area contributed by atoms with Gasteiger partial charge in [-0.3, -0.25) is 4.79 Å². The van der Waals surface area contributed by atoms with Crippen LogP contribution in [-0.2, 0) is 27.2 Å². The van der Waals surface area contributed by atoms with Gasteiger partial charge >= 0.3 is 11.8 Å². The fourth-order valence-electron chi connectivity index (χ4n) is 7.04. The number of carbonyl (C=O) groups excluding carboxylic acids is 2. The summed E-state index contributed by atoms with van der Waals surface area (Å²) in [5.41, 5.74) is 4.28. The molecule has 3 aromatic heterocycles. The molecule has 6 heterocycles. The Kier molecular flexibility index (Phi) is 6.55. The number of carbonyl (C=O) groups is 2. The van der Waals surface area contributed by atoms with Crippen LogP contribution in [0.15, 0.2) is 58.6 Å². The SMILES string of the molecule is C=C(C1CCC2(CC1)CCN(C1=C(C)C(=O)OC1)C2=O)C(CCc1ccc(-[n+]2cc3n(n2)C3C)nn1)Cc1ncco1. The molecule has 1 aliphatic carbocycles. The number of nitrogens with zero attached hydrogens (tertiary/aromatic N) is 7. The molecule has 1 saturated heterocycles. The molecule has 0 N–H and O–H groups in total. The number of allylic oxidation sites excluding steroid dienone is 1. The number of oxazole rings is 1. The van der Waals surface area contributed by atoms with E-state index < -0.39 is 0 Å². The van der Waals surface area contributed by atoms with E-state index in [4.69, 9.17) is 9.15 Å². The number of likely N-dealkylation sites (tertiary alicyclic amines) is 1. The van der Waals surface area contributed by atoms with Crippen LogP contribution in [0.4, 0.5) is 0 Å². The Morgan fingerprint density at radius 3 is 2.69 bits per heavy atom. The highest BCUT2D eigenvalue weighted by molar-refractivity contribution is 5.94. The van der Waals surface area contributed by atoms with E-state index in [-0.39, 0.29) is 29.8 Å². The minimum Gasteiger partial charge on any atom is -0.456 e. The molecule has 0 bridgehead atoms. The number of cyclic esters (lactones) is 1. The molecule has 0 aromatic carbocycles. The summed E-state index contributed by atoms with van der Waals surface area (Å²) in [7, 11) is 0. The summed E-state index contributed by atoms with van der Waals surface area (Å²) in [6.07, 6.45) is 11.9. The van der Waals surface area contributed by atoms with Crippen molar-refractivity contribution in [2.24, 2.45) is 17.3 Å². The van der Waals surface area contributed by atoms with Crippen molar-refractivity contribution in [2.45, 2.75) is 71.3 Å². The summed E-state index contributed by atoms with van der Waals surface area (Å²) in [5, 5.41) is 13.4. The first-order chi connectivity index (χ1) is 20.3. The van der Waals surface area contributed by atoms with Gasteiger partial charge in [-0.25, -0.2) is 9.78 Å². The van der Waals surface area contributed by atoms with Crippen LogP contribution in [0.25, 0.3) is 5.82 Å². The number of ether oxygens (including phenoxy) is 1. The zero-order valence-electron chi connectivity index (χ0n) is 24.2. The summed E-state index contributed by atoms with van der Waals surface area (Å²) in [6, 6.07) is 4.38. The van der Waals surface area contributed by atoms with Crippen molar-refractivity contribution in [2.75, 3.05) is 13.2 Å². The van der Waals surface area contributed by atoms with E-state index >= 15 is 0 Å². The second-order valence-corrected chi connectivity index (χ2v) is 12.2. The highest BCUT2D eigenvalue weighted by Gasteiger charge is 2.50. The van der Waals surface area contributed by atoms with Gasteiger partial charge in [0.2, 0.25) is 5.91 Å². The molecule has 3 aliphatic heterocycles. The van der Waals surface area contributed by atoms with Crippen LogP contribution in [0.5, 0.6) is 0 Å². The van der Waals surface area contributed by atoms with Gasteiger partial charge in [0, 0.05) is 29.3 Å². The lowest BCUT2D eigenvalue weighted by Gasteiger charge is -2.38. The van der Waals surface area contributed by atoms with E-state index in [0.29, 0.717) is 42.2 Å². The minimum absolute atomic E-state index is 0.152. The van der Waals surface area contributed by atoms with Gasteiger partial charge in [-0.05, 0) is 76.7 Å². The van der Waals surface area contributed by atoms with Crippen molar-refractivity contribution >= 4 is 11.9 Å². The zero-order valence-corrected chi connectivity index (χ0v) is 24.2. The molecule has 11 nitrogen and oxygen atoms in total. The zero-order chi connectivity index (χ0) is 29.0. The van der Waals surface area contributed by atoms with E-state index in [1.54, 1.807) is 24.1 Å². The quantitative estimate of drug-likeness (QED) is 0.218. The average molecular weight is 571 g/mol. The summed E-state index contributed by atoms with van der Waals surface area (Å²) in [6.45, 7) is 9.31. The molecule has 2 unspecified atom stereocenters. The molecule has 1 spiro atoms. The van der Waals surface area contributed by atoms with E-state index in [9.17, 15) is 9.59 Å². The number of amides is 1. The number of hydrogen-bond acceptors (Lipinski definition) is 8. The summed E-state index contributed by atoms with van der Waals surface area (Å²) < 4.78 is 14.5. The Labute approximate surface area is 244 Å². The van der Waals surface area contributed by atoms with Gasteiger partial charge in [-0.1, -0.05) is 17.3 Å². The van der Waals surface area contributed by atoms with Crippen LogP contribution in [0.2, 0.25) is 0 Å². The average Bonchev–Trinajstić information content (AvgIpc) is 3.59. The number of esters is 1. The maximum Gasteiger partial charge on any atom is 0.336 e. The van der Waals surface area contributed by atoms with Gasteiger partial charge in [0.25, 0.3) is 0 Å². The van der Waals surface area contributed by atoms with Crippen LogP contribution < -0.4 is 4.68 Å². The third-order valence-corrected chi connectivity index (χ3v) is 9.94. The Morgan fingerprint density at radius 2 is 2.05 bits per heavy atom. The third-order valence-electron chi connectivity index (χ3n) is 9.94. The molecule has 0 radical (unpaired) electrons. The Balaban J connectivity index is 0.994. The maximum absolute atomic E-state index is 13.6. The highest BCUT2D eigenvalue weighted by atomic mass is 16.5. The standard InChI is InChI=1S/C31H36N7O4/c1-19(22-8-10-31(11-9-22)12-14-36(30(31)40)26-18-42-29(39)20(26)2)23(16-28-32-13-15-41-28)4-5-24-6-7-27(34-33-24)37-17-25-21(3)38(25)35-37/h6-7,13,15,17,21-23H,1,4-5,8-12,14,16,18H2,2-3H3/q+1. The van der Waals surface area contributed by atoms with Crippen LogP contribution in [0.3, 0.4) is 0 Å². The predicted octanol–water partition coefficient (Wildman–Crippen LogP) is 3.45. The summed E-state index contributed by atoms with van der Waals surface area (Å²) in [5.74, 6) is 1.76. The predicted molar refractivity (Wildman–Crippen MR) is 149 cm³/mol. The minimum atomic E-state index is -0.349. The van der Waals surface area contributed by atoms with Crippen molar-refractivity contribution in [1.29, 1.82) is 0 Å². The molecule has 218 valence electrons. The lowest BCUT2D eigenvalue weighted by atomic mass is 9.66. The van der Waals surface area contributed by atoms with Crippen molar-refractivity contribution in [3.05, 3.63) is 71.5 Å². The monoisotopic (exact) mass is 570 g/mol. The number of aromatic nitrogens is 6. The van der Waals surface area contributed by atoms with Gasteiger partial charge < -0.3 is 14.1 Å². The molecular weight excluding hydrogens is 534 g/mol. The Bertz CT molecular complexity index is 1540. The number of hydrogen-bond donors (Lipinski definition) is 0. The van der Waals surface area contributed by atoms with Gasteiger partial charge in [-0.2, -0.15) is 4.68 Å². The molecule has 1 saturated carbocycles. The maximum atomic E-state index is 13.6. The summed E-state index contributed by atoms with van der Waals surface area (Å²) in [4.78, 5) is 31.7. The molecule has 42 heavy (non-hydrogen) atoms. The third kappa shape index (κ3) is 4.64. The molecular formula is C31H36N7O4+. The van der Waals surface area contributed by atoms with E-state index in [1.165, 1.54) is 11.3 Å². The largest absolute Gasteiger partial charge is 0.456 e. The molecule has 11 heteroatoms. The topological polar surface area (TPSA) is 120 Å². The normalized spacial score (nSPS) is 25.7. The lowest BCUT2D eigenvalue weighted by Crippen LogP contribution is -2.38. The van der Waals surface area contributed by atoms with Crippen molar-refractivity contribution in [1.82, 2.24) is 30.0 Å². The van der Waals surface area contributed by atoms with Gasteiger partial charge in [0.05, 0.1) is 28.6 Å². The second kappa shape index (κ2) is 10.3. The Morgan fingerprint density at radius 1 is 1.21 bits per heavy atom. The summed E-state index contributed by atoms with van der Waals surface area (Å²) >= 11 is 0. The smallest absolute Gasteiger partial charge is 0.336 e. The first-order valence-electron chi connectivity index (χ1n) is 14.9. The van der Waals surface area contributed by atoms with Crippen molar-refractivity contribution in [3.8, 4) is 5.82 Å². The first kappa shape index (κ1) is 26.7. The Hall–Kier alpha value is -4.15. The molecule has 4 aliphatic rings. The number of fused-ring (bicyclic) bond motifs is 1. The lowest BCUT2D eigenvalue weighted by molar-refractivity contribution is -0.667. The van der Waals surface area contributed by atoms with Crippen LogP contribution in [-0.4, -0.2) is 55.0 Å². The van der Waals surface area contributed by atoms with Gasteiger partial charge in [0.15, 0.2) is 17.6 Å². The fraction of sp³-hybridized carbons (Fsp3) is 0.516. The highest BCUT2D eigenvalue weighted by Crippen LogP contribution is 2.50. The van der Waals surface area contributed by atoms with Crippen LogP contribution in [0.1, 0.15) is 75.7 Å². The van der Waals surface area contributed by atoms with E-state index in [0.717, 1.165) is 56.3 Å². The second-order valence-electron chi connectivity index (χ2n) is 12.2. The molecule has 2 fully saturated rings. The van der Waals surface area contributed by atoms with Crippen LogP contribution >= 0.6 is 0 Å².